The van der Waals surface area contributed by atoms with E-state index in [4.69, 9.17) is 0 Å². The minimum atomic E-state index is -2.59. The van der Waals surface area contributed by atoms with Crippen LogP contribution in [0.5, 0.6) is 0 Å². The third-order valence-electron chi connectivity index (χ3n) is 3.54. The highest BCUT2D eigenvalue weighted by Crippen LogP contribution is 2.54. The molecule has 0 aliphatic heterocycles. The first-order valence-electron chi connectivity index (χ1n) is 5.97. The minimum Gasteiger partial charge on any atom is -0.207 e. The Bertz CT molecular complexity index is 575. The molecule has 1 aliphatic rings. The number of hydrogen-bond acceptors (Lipinski definition) is 2. The lowest BCUT2D eigenvalue weighted by molar-refractivity contribution is -0.133. The number of halogens is 3. The van der Waals surface area contributed by atoms with Crippen LogP contribution < -0.4 is 0 Å². The van der Waals surface area contributed by atoms with Crippen molar-refractivity contribution in [3.63, 3.8) is 0 Å². The molecule has 19 heavy (non-hydrogen) atoms. The quantitative estimate of drug-likeness (QED) is 0.864. The maximum Gasteiger partial charge on any atom is 0.250 e. The van der Waals surface area contributed by atoms with Crippen LogP contribution in [-0.2, 0) is 12.0 Å². The van der Waals surface area contributed by atoms with Crippen molar-refractivity contribution in [1.29, 1.82) is 0 Å². The van der Waals surface area contributed by atoms with Crippen LogP contribution in [0.3, 0.4) is 0 Å². The summed E-state index contributed by atoms with van der Waals surface area (Å²) in [4.78, 5) is 1.48. The third-order valence-corrected chi connectivity index (χ3v) is 4.03. The van der Waals surface area contributed by atoms with Gasteiger partial charge in [-0.15, -0.1) is 0 Å². The molecule has 1 saturated carbocycles. The van der Waals surface area contributed by atoms with E-state index in [9.17, 15) is 8.78 Å². The van der Waals surface area contributed by atoms with Crippen molar-refractivity contribution >= 4 is 15.9 Å². The van der Waals surface area contributed by atoms with Crippen LogP contribution in [0.1, 0.15) is 18.4 Å². The molecule has 2 aromatic rings. The Labute approximate surface area is 117 Å². The zero-order chi connectivity index (χ0) is 13.5. The van der Waals surface area contributed by atoms with Crippen LogP contribution in [0.15, 0.2) is 41.1 Å². The van der Waals surface area contributed by atoms with Gasteiger partial charge in [-0.05, 0) is 17.7 Å². The molecule has 3 nitrogen and oxygen atoms in total. The van der Waals surface area contributed by atoms with Gasteiger partial charge < -0.3 is 0 Å². The summed E-state index contributed by atoms with van der Waals surface area (Å²) in [6, 6.07) is 7.55. The molecule has 1 aromatic heterocycles. The fraction of sp³-hybridized carbons (Fsp3) is 0.385. The van der Waals surface area contributed by atoms with E-state index < -0.39 is 11.3 Å². The van der Waals surface area contributed by atoms with Gasteiger partial charge in [-0.3, -0.25) is 0 Å². The Morgan fingerprint density at radius 2 is 1.89 bits per heavy atom. The van der Waals surface area contributed by atoms with Gasteiger partial charge in [0.05, 0.1) is 18.9 Å². The molecular formula is C13H12BrF2N3. The molecule has 6 heteroatoms. The summed E-state index contributed by atoms with van der Waals surface area (Å²) in [5.74, 6) is -2.59. The molecule has 1 fully saturated rings. The number of benzene rings is 1. The maximum absolute atomic E-state index is 13.4. The molecule has 0 amide bonds. The monoisotopic (exact) mass is 327 g/mol. The molecule has 1 aliphatic carbocycles. The standard InChI is InChI=1S/C13H12BrF2N3/c14-11-3-1-2-10(6-11)12(7-13(15,16)8-12)9-19-17-4-5-18-19/h1-6H,7-9H2. The second-order valence-corrected chi connectivity index (χ2v) is 5.98. The summed E-state index contributed by atoms with van der Waals surface area (Å²) in [7, 11) is 0. The summed E-state index contributed by atoms with van der Waals surface area (Å²) < 4.78 is 27.7. The van der Waals surface area contributed by atoms with Crippen molar-refractivity contribution < 1.29 is 8.78 Å². The van der Waals surface area contributed by atoms with Crippen molar-refractivity contribution in [3.05, 3.63) is 46.7 Å². The van der Waals surface area contributed by atoms with Crippen molar-refractivity contribution in [2.24, 2.45) is 0 Å². The lowest BCUT2D eigenvalue weighted by Gasteiger charge is -2.47. The first kappa shape index (κ1) is 12.7. The van der Waals surface area contributed by atoms with Gasteiger partial charge >= 0.3 is 0 Å². The van der Waals surface area contributed by atoms with Gasteiger partial charge in [0, 0.05) is 22.7 Å². The Hall–Kier alpha value is -1.30. The highest BCUT2D eigenvalue weighted by atomic mass is 79.9. The van der Waals surface area contributed by atoms with Gasteiger partial charge in [0.15, 0.2) is 0 Å². The lowest BCUT2D eigenvalue weighted by Crippen LogP contribution is -2.52. The Kier molecular flexibility index (Phi) is 2.92. The minimum absolute atomic E-state index is 0.155. The van der Waals surface area contributed by atoms with E-state index >= 15 is 0 Å². The largest absolute Gasteiger partial charge is 0.250 e. The van der Waals surface area contributed by atoms with Crippen molar-refractivity contribution in [2.45, 2.75) is 30.7 Å². The molecule has 1 aromatic carbocycles. The molecule has 0 spiro atoms. The smallest absolute Gasteiger partial charge is 0.207 e. The number of alkyl halides is 2. The SMILES string of the molecule is FC1(F)CC(Cn2nccn2)(c2cccc(Br)c2)C1. The van der Waals surface area contributed by atoms with Gasteiger partial charge in [-0.2, -0.15) is 15.0 Å². The first-order chi connectivity index (χ1) is 8.99. The summed E-state index contributed by atoms with van der Waals surface area (Å²) in [5.41, 5.74) is 0.330. The second kappa shape index (κ2) is 4.37. The molecule has 0 saturated heterocycles. The number of aromatic nitrogens is 3. The maximum atomic E-state index is 13.4. The highest BCUT2D eigenvalue weighted by molar-refractivity contribution is 9.10. The van der Waals surface area contributed by atoms with Crippen LogP contribution >= 0.6 is 15.9 Å². The van der Waals surface area contributed by atoms with Crippen LogP contribution in [0.25, 0.3) is 0 Å². The molecule has 0 atom stereocenters. The first-order valence-corrected chi connectivity index (χ1v) is 6.77. The number of nitrogens with zero attached hydrogens (tertiary/aromatic N) is 3. The van der Waals surface area contributed by atoms with Crippen molar-refractivity contribution in [3.8, 4) is 0 Å². The van der Waals surface area contributed by atoms with Gasteiger partial charge in [0.25, 0.3) is 0 Å². The fourth-order valence-corrected chi connectivity index (χ4v) is 3.16. The zero-order valence-electron chi connectivity index (χ0n) is 10.1. The van der Waals surface area contributed by atoms with Crippen LogP contribution in [-0.4, -0.2) is 20.9 Å². The van der Waals surface area contributed by atoms with E-state index in [1.54, 1.807) is 12.4 Å². The third kappa shape index (κ3) is 2.41. The van der Waals surface area contributed by atoms with Gasteiger partial charge in [0.1, 0.15) is 0 Å². The highest BCUT2D eigenvalue weighted by Gasteiger charge is 2.57. The van der Waals surface area contributed by atoms with E-state index in [0.29, 0.717) is 6.54 Å². The summed E-state index contributed by atoms with van der Waals surface area (Å²) in [6.07, 6.45) is 2.81. The topological polar surface area (TPSA) is 30.7 Å². The average molecular weight is 328 g/mol. The summed E-state index contributed by atoms with van der Waals surface area (Å²) in [5, 5.41) is 8.06. The van der Waals surface area contributed by atoms with Gasteiger partial charge in [0.2, 0.25) is 5.92 Å². The van der Waals surface area contributed by atoms with Crippen LogP contribution in [0, 0.1) is 0 Å². The Balaban J connectivity index is 1.94. The zero-order valence-corrected chi connectivity index (χ0v) is 11.6. The second-order valence-electron chi connectivity index (χ2n) is 5.06. The predicted molar refractivity (Wildman–Crippen MR) is 70.0 cm³/mol. The van der Waals surface area contributed by atoms with Crippen molar-refractivity contribution in [1.82, 2.24) is 15.0 Å². The summed E-state index contributed by atoms with van der Waals surface area (Å²) in [6.45, 7) is 0.381. The van der Waals surface area contributed by atoms with Gasteiger partial charge in [-0.1, -0.05) is 28.1 Å². The van der Waals surface area contributed by atoms with E-state index in [0.717, 1.165) is 10.0 Å². The van der Waals surface area contributed by atoms with E-state index in [1.165, 1.54) is 4.80 Å². The molecule has 0 bridgehead atoms. The lowest BCUT2D eigenvalue weighted by atomic mass is 9.62. The molecule has 0 unspecified atom stereocenters. The van der Waals surface area contributed by atoms with Crippen molar-refractivity contribution in [2.75, 3.05) is 0 Å². The Morgan fingerprint density at radius 3 is 2.47 bits per heavy atom. The normalized spacial score (nSPS) is 19.9. The molecule has 100 valence electrons. The number of hydrogen-bond donors (Lipinski definition) is 0. The molecule has 0 N–H and O–H groups in total. The van der Waals surface area contributed by atoms with E-state index in [2.05, 4.69) is 26.1 Å². The molecule has 3 rings (SSSR count). The molecular weight excluding hydrogens is 316 g/mol. The molecule has 1 heterocycles. The van der Waals surface area contributed by atoms with E-state index in [-0.39, 0.29) is 12.8 Å². The van der Waals surface area contributed by atoms with Crippen LogP contribution in [0.2, 0.25) is 0 Å². The summed E-state index contributed by atoms with van der Waals surface area (Å²) >= 11 is 3.39. The molecule has 0 radical (unpaired) electrons. The Morgan fingerprint density at radius 1 is 1.21 bits per heavy atom. The van der Waals surface area contributed by atoms with Crippen LogP contribution in [0.4, 0.5) is 8.78 Å². The average Bonchev–Trinajstić information content (AvgIpc) is 2.79. The van der Waals surface area contributed by atoms with Gasteiger partial charge in [-0.25, -0.2) is 8.78 Å². The number of rotatable bonds is 3. The predicted octanol–water partition coefficient (Wildman–Crippen LogP) is 3.41. The fourth-order valence-electron chi connectivity index (χ4n) is 2.76. The van der Waals surface area contributed by atoms with E-state index in [1.807, 2.05) is 24.3 Å².